The molecule has 0 aliphatic carbocycles. The van der Waals surface area contributed by atoms with Crippen LogP contribution in [0.3, 0.4) is 0 Å². The number of halogens is 1. The molecule has 0 fully saturated rings. The van der Waals surface area contributed by atoms with Gasteiger partial charge in [-0.2, -0.15) is 0 Å². The Kier molecular flexibility index (Phi) is 5.09. The van der Waals surface area contributed by atoms with Gasteiger partial charge in [0, 0.05) is 12.6 Å². The summed E-state index contributed by atoms with van der Waals surface area (Å²) >= 11 is 0. The second kappa shape index (κ2) is 7.61. The van der Waals surface area contributed by atoms with Crippen molar-refractivity contribution in [3.05, 3.63) is 66.0 Å². The second-order valence-electron chi connectivity index (χ2n) is 5.35. The van der Waals surface area contributed by atoms with Crippen LogP contribution in [0, 0.1) is 5.82 Å². The average Bonchev–Trinajstić information content (AvgIpc) is 2.66. The minimum absolute atomic E-state index is 0.275. The van der Waals surface area contributed by atoms with Gasteiger partial charge in [0.2, 0.25) is 0 Å². The van der Waals surface area contributed by atoms with E-state index in [2.05, 4.69) is 15.5 Å². The maximum Gasteiger partial charge on any atom is 0.256 e. The van der Waals surface area contributed by atoms with Crippen molar-refractivity contribution >= 4 is 5.69 Å². The number of nitrogens with one attached hydrogen (secondary N) is 1. The van der Waals surface area contributed by atoms with Crippen LogP contribution >= 0.6 is 0 Å². The third-order valence-corrected chi connectivity index (χ3v) is 3.65. The van der Waals surface area contributed by atoms with Crippen molar-refractivity contribution in [1.29, 1.82) is 0 Å². The number of methoxy groups -OCH3 is 1. The number of benzene rings is 2. The fourth-order valence-electron chi connectivity index (χ4n) is 2.39. The van der Waals surface area contributed by atoms with E-state index < -0.39 is 0 Å². The Bertz CT molecular complexity index is 871. The van der Waals surface area contributed by atoms with Gasteiger partial charge in [0.1, 0.15) is 23.9 Å². The predicted molar refractivity (Wildman–Crippen MR) is 94.3 cm³/mol. The van der Waals surface area contributed by atoms with Gasteiger partial charge < -0.3 is 14.8 Å². The van der Waals surface area contributed by atoms with Crippen LogP contribution in [0.15, 0.2) is 54.6 Å². The zero-order valence-electron chi connectivity index (χ0n) is 14.0. The highest BCUT2D eigenvalue weighted by Crippen LogP contribution is 2.28. The normalized spacial score (nSPS) is 10.4. The topological polar surface area (TPSA) is 56.3 Å². The molecule has 3 rings (SSSR count). The first-order chi connectivity index (χ1) is 12.2. The van der Waals surface area contributed by atoms with Crippen molar-refractivity contribution in [3.63, 3.8) is 0 Å². The van der Waals surface area contributed by atoms with Gasteiger partial charge in [-0.1, -0.05) is 24.3 Å². The second-order valence-corrected chi connectivity index (χ2v) is 5.35. The van der Waals surface area contributed by atoms with Crippen molar-refractivity contribution < 1.29 is 13.9 Å². The first kappa shape index (κ1) is 16.7. The molecular weight excluding hydrogens is 321 g/mol. The highest BCUT2D eigenvalue weighted by atomic mass is 19.1. The Morgan fingerprint density at radius 1 is 1.04 bits per heavy atom. The molecule has 1 N–H and O–H groups in total. The third-order valence-electron chi connectivity index (χ3n) is 3.65. The van der Waals surface area contributed by atoms with E-state index >= 15 is 0 Å². The Morgan fingerprint density at radius 3 is 2.64 bits per heavy atom. The molecule has 0 spiro atoms. The zero-order valence-corrected chi connectivity index (χ0v) is 14.0. The molecule has 128 valence electrons. The number of ether oxygens (including phenoxy) is 2. The fraction of sp³-hybridized carbons (Fsp3) is 0.158. The van der Waals surface area contributed by atoms with Gasteiger partial charge >= 0.3 is 0 Å². The van der Waals surface area contributed by atoms with Crippen LogP contribution in [0.5, 0.6) is 11.6 Å². The van der Waals surface area contributed by atoms with Crippen molar-refractivity contribution in [3.8, 4) is 22.9 Å². The van der Waals surface area contributed by atoms with E-state index in [0.717, 1.165) is 16.8 Å². The van der Waals surface area contributed by atoms with Gasteiger partial charge in [-0.25, -0.2) is 4.39 Å². The van der Waals surface area contributed by atoms with E-state index in [1.54, 1.807) is 20.2 Å². The summed E-state index contributed by atoms with van der Waals surface area (Å²) in [6.07, 6.45) is 0. The largest absolute Gasteiger partial charge is 0.489 e. The summed E-state index contributed by atoms with van der Waals surface area (Å²) in [7, 11) is 3.34. The first-order valence-corrected chi connectivity index (χ1v) is 7.77. The molecule has 6 heteroatoms. The highest BCUT2D eigenvalue weighted by molar-refractivity contribution is 5.67. The Hall–Kier alpha value is -3.15. The molecule has 0 saturated carbocycles. The van der Waals surface area contributed by atoms with Crippen LogP contribution in [0.1, 0.15) is 5.56 Å². The monoisotopic (exact) mass is 339 g/mol. The minimum atomic E-state index is -0.275. The van der Waals surface area contributed by atoms with Crippen molar-refractivity contribution in [2.24, 2.45) is 0 Å². The van der Waals surface area contributed by atoms with Gasteiger partial charge in [-0.3, -0.25) is 0 Å². The number of hydrogen-bond acceptors (Lipinski definition) is 5. The number of anilines is 1. The first-order valence-electron chi connectivity index (χ1n) is 7.77. The summed E-state index contributed by atoms with van der Waals surface area (Å²) in [5, 5.41) is 11.3. The summed E-state index contributed by atoms with van der Waals surface area (Å²) < 4.78 is 24.1. The van der Waals surface area contributed by atoms with Crippen molar-refractivity contribution in [2.75, 3.05) is 19.5 Å². The average molecular weight is 339 g/mol. The molecule has 2 aromatic carbocycles. The summed E-state index contributed by atoms with van der Waals surface area (Å²) in [6.45, 7) is 0.289. The van der Waals surface area contributed by atoms with Crippen LogP contribution in [0.4, 0.5) is 10.1 Å². The van der Waals surface area contributed by atoms with E-state index in [9.17, 15) is 4.39 Å². The van der Waals surface area contributed by atoms with Crippen LogP contribution < -0.4 is 14.8 Å². The van der Waals surface area contributed by atoms with E-state index in [-0.39, 0.29) is 12.4 Å². The lowest BCUT2D eigenvalue weighted by atomic mass is 10.1. The van der Waals surface area contributed by atoms with Crippen LogP contribution in [0.2, 0.25) is 0 Å². The van der Waals surface area contributed by atoms with E-state index in [1.807, 2.05) is 36.4 Å². The van der Waals surface area contributed by atoms with Crippen molar-refractivity contribution in [2.45, 2.75) is 6.61 Å². The van der Waals surface area contributed by atoms with Gasteiger partial charge in [0.15, 0.2) is 0 Å². The lowest BCUT2D eigenvalue weighted by Gasteiger charge is -2.10. The van der Waals surface area contributed by atoms with Crippen LogP contribution in [-0.2, 0) is 6.61 Å². The predicted octanol–water partition coefficient (Wildman–Crippen LogP) is 3.91. The minimum Gasteiger partial charge on any atom is -0.489 e. The number of nitrogens with zero attached hydrogens (tertiary/aromatic N) is 2. The van der Waals surface area contributed by atoms with Crippen LogP contribution in [-0.4, -0.2) is 24.4 Å². The van der Waals surface area contributed by atoms with E-state index in [4.69, 9.17) is 9.47 Å². The Morgan fingerprint density at radius 2 is 1.88 bits per heavy atom. The van der Waals surface area contributed by atoms with Gasteiger partial charge in [0.05, 0.1) is 12.8 Å². The van der Waals surface area contributed by atoms with Gasteiger partial charge in [0.25, 0.3) is 5.88 Å². The highest BCUT2D eigenvalue weighted by Gasteiger charge is 2.09. The Balaban J connectivity index is 1.79. The molecule has 0 radical (unpaired) electrons. The SMILES string of the molecule is CNc1cc(-c2cccc(OCc3cccc(F)c3)c2)nnc1OC. The lowest BCUT2D eigenvalue weighted by molar-refractivity contribution is 0.305. The summed E-state index contributed by atoms with van der Waals surface area (Å²) in [4.78, 5) is 0. The third kappa shape index (κ3) is 4.03. The summed E-state index contributed by atoms with van der Waals surface area (Å²) in [5.74, 6) is 0.832. The summed E-state index contributed by atoms with van der Waals surface area (Å²) in [6, 6.07) is 15.7. The lowest BCUT2D eigenvalue weighted by Crippen LogP contribution is -2.00. The molecule has 5 nitrogen and oxygen atoms in total. The fourth-order valence-corrected chi connectivity index (χ4v) is 2.39. The number of rotatable bonds is 6. The number of hydrogen-bond donors (Lipinski definition) is 1. The standard InChI is InChI=1S/C19H18FN3O2/c1-21-18-11-17(22-23-19(18)24-2)14-6-4-8-16(10-14)25-12-13-5-3-7-15(20)9-13/h3-11H,12H2,1-2H3,(H,21,22). The van der Waals surface area contributed by atoms with E-state index in [1.165, 1.54) is 12.1 Å². The Labute approximate surface area is 145 Å². The molecule has 0 saturated heterocycles. The molecule has 0 amide bonds. The van der Waals surface area contributed by atoms with E-state index in [0.29, 0.717) is 17.3 Å². The molecule has 25 heavy (non-hydrogen) atoms. The smallest absolute Gasteiger partial charge is 0.256 e. The molecule has 3 aromatic rings. The van der Waals surface area contributed by atoms with Crippen molar-refractivity contribution in [1.82, 2.24) is 10.2 Å². The van der Waals surface area contributed by atoms with Crippen LogP contribution in [0.25, 0.3) is 11.3 Å². The number of aromatic nitrogens is 2. The molecule has 1 heterocycles. The maximum atomic E-state index is 13.2. The molecule has 0 bridgehead atoms. The molecule has 0 unspecified atom stereocenters. The molecule has 0 atom stereocenters. The van der Waals surface area contributed by atoms with Gasteiger partial charge in [-0.05, 0) is 35.9 Å². The molecule has 1 aromatic heterocycles. The maximum absolute atomic E-state index is 13.2. The molecule has 0 aliphatic heterocycles. The molecular formula is C19H18FN3O2. The molecule has 0 aliphatic rings. The summed E-state index contributed by atoms with van der Waals surface area (Å²) in [5.41, 5.74) is 3.08. The zero-order chi connectivity index (χ0) is 17.6. The quantitative estimate of drug-likeness (QED) is 0.738. The van der Waals surface area contributed by atoms with Gasteiger partial charge in [-0.15, -0.1) is 10.2 Å².